The summed E-state index contributed by atoms with van der Waals surface area (Å²) in [4.78, 5) is 46.9. The van der Waals surface area contributed by atoms with Crippen LogP contribution >= 0.6 is 0 Å². The summed E-state index contributed by atoms with van der Waals surface area (Å²) in [5.41, 5.74) is 3.16. The van der Waals surface area contributed by atoms with Crippen LogP contribution in [0.2, 0.25) is 0 Å². The van der Waals surface area contributed by atoms with Gasteiger partial charge in [0.15, 0.2) is 10.9 Å². The van der Waals surface area contributed by atoms with E-state index in [1.807, 2.05) is 60.7 Å². The minimum absolute atomic E-state index is 0.114. The van der Waals surface area contributed by atoms with Crippen molar-refractivity contribution in [1.29, 1.82) is 0 Å². The highest BCUT2D eigenvalue weighted by atomic mass is 16.5. The van der Waals surface area contributed by atoms with Crippen LogP contribution in [-0.2, 0) is 9.59 Å². The first-order valence-electron chi connectivity index (χ1n) is 12.9. The van der Waals surface area contributed by atoms with E-state index in [1.165, 1.54) is 38.5 Å². The van der Waals surface area contributed by atoms with E-state index >= 15 is 0 Å². The number of benzene rings is 4. The van der Waals surface area contributed by atoms with Gasteiger partial charge in [-0.2, -0.15) is 0 Å². The molecule has 0 bridgehead atoms. The zero-order valence-corrected chi connectivity index (χ0v) is 22.7. The SMILES string of the molecule is CC(=O)Oc1ccc2c(=O)c(-c3ccccc3)coc2c1.CC(=O)Oc1ccc2c(=O)c(-c3ccccc3)coc2c1. The normalized spacial score (nSPS) is 10.5. The van der Waals surface area contributed by atoms with Crippen molar-refractivity contribution in [3.05, 3.63) is 130 Å². The van der Waals surface area contributed by atoms with Crippen LogP contribution in [0.1, 0.15) is 13.8 Å². The molecule has 0 atom stereocenters. The summed E-state index contributed by atoms with van der Waals surface area (Å²) in [6, 6.07) is 28.1. The fourth-order valence-corrected chi connectivity index (χ4v) is 4.31. The third kappa shape index (κ3) is 6.18. The summed E-state index contributed by atoms with van der Waals surface area (Å²) in [5, 5.41) is 0.902. The van der Waals surface area contributed by atoms with Crippen molar-refractivity contribution < 1.29 is 27.9 Å². The zero-order valence-electron chi connectivity index (χ0n) is 22.7. The minimum Gasteiger partial charge on any atom is -0.463 e. The molecule has 8 nitrogen and oxygen atoms in total. The van der Waals surface area contributed by atoms with Crippen LogP contribution < -0.4 is 20.3 Å². The maximum absolute atomic E-state index is 12.5. The highest BCUT2D eigenvalue weighted by molar-refractivity contribution is 5.84. The lowest BCUT2D eigenvalue weighted by Gasteiger charge is -2.04. The van der Waals surface area contributed by atoms with Crippen LogP contribution in [0.4, 0.5) is 0 Å². The van der Waals surface area contributed by atoms with Crippen LogP contribution in [0.3, 0.4) is 0 Å². The molecule has 0 saturated heterocycles. The van der Waals surface area contributed by atoms with Crippen molar-refractivity contribution in [2.75, 3.05) is 0 Å². The minimum atomic E-state index is -0.419. The molecule has 2 aromatic heterocycles. The van der Waals surface area contributed by atoms with Gasteiger partial charge in [-0.15, -0.1) is 0 Å². The van der Waals surface area contributed by atoms with Crippen LogP contribution in [0.15, 0.2) is 128 Å². The number of rotatable bonds is 4. The van der Waals surface area contributed by atoms with E-state index in [1.54, 1.807) is 24.3 Å². The van der Waals surface area contributed by atoms with Gasteiger partial charge >= 0.3 is 11.9 Å². The quantitative estimate of drug-likeness (QED) is 0.171. The standard InChI is InChI=1S/2C17H12O4/c2*1-11(18)21-13-7-8-14-16(9-13)20-10-15(17(14)19)12-5-3-2-4-6-12/h2*2-10H,1H3. The van der Waals surface area contributed by atoms with E-state index in [4.69, 9.17) is 18.3 Å². The van der Waals surface area contributed by atoms with Crippen molar-refractivity contribution in [1.82, 2.24) is 0 Å². The maximum atomic E-state index is 12.5. The van der Waals surface area contributed by atoms with Crippen LogP contribution in [0.25, 0.3) is 44.2 Å². The first-order valence-corrected chi connectivity index (χ1v) is 12.9. The number of ether oxygens (including phenoxy) is 2. The van der Waals surface area contributed by atoms with E-state index in [0.717, 1.165) is 11.1 Å². The van der Waals surface area contributed by atoms with Gasteiger partial charge in [0, 0.05) is 26.0 Å². The molecule has 0 N–H and O–H groups in total. The monoisotopic (exact) mass is 560 g/mol. The van der Waals surface area contributed by atoms with Gasteiger partial charge in [-0.3, -0.25) is 19.2 Å². The third-order valence-corrected chi connectivity index (χ3v) is 6.18. The Kier molecular flexibility index (Phi) is 8.06. The van der Waals surface area contributed by atoms with Gasteiger partial charge in [0.1, 0.15) is 35.2 Å². The molecule has 4 aromatic carbocycles. The van der Waals surface area contributed by atoms with Gasteiger partial charge in [-0.1, -0.05) is 60.7 Å². The number of hydrogen-bond acceptors (Lipinski definition) is 8. The van der Waals surface area contributed by atoms with E-state index < -0.39 is 11.9 Å². The van der Waals surface area contributed by atoms with Crippen molar-refractivity contribution in [2.24, 2.45) is 0 Å². The maximum Gasteiger partial charge on any atom is 0.308 e. The molecule has 6 aromatic rings. The number of carbonyl (C=O) groups is 2. The second-order valence-corrected chi connectivity index (χ2v) is 9.19. The average molecular weight is 561 g/mol. The molecule has 8 heteroatoms. The Hall–Kier alpha value is -5.76. The smallest absolute Gasteiger partial charge is 0.308 e. The second-order valence-electron chi connectivity index (χ2n) is 9.19. The van der Waals surface area contributed by atoms with Gasteiger partial charge in [-0.05, 0) is 35.4 Å². The van der Waals surface area contributed by atoms with Gasteiger partial charge in [0.05, 0.1) is 21.9 Å². The molecule has 0 saturated carbocycles. The Morgan fingerprint density at radius 2 is 0.929 bits per heavy atom. The fraction of sp³-hybridized carbons (Fsp3) is 0.0588. The molecule has 0 aliphatic heterocycles. The lowest BCUT2D eigenvalue weighted by atomic mass is 10.1. The average Bonchev–Trinajstić information content (AvgIpc) is 2.98. The van der Waals surface area contributed by atoms with E-state index in [2.05, 4.69) is 0 Å². The van der Waals surface area contributed by atoms with Crippen molar-refractivity contribution >= 4 is 33.9 Å². The van der Waals surface area contributed by atoms with Crippen molar-refractivity contribution in [3.8, 4) is 33.8 Å². The first-order chi connectivity index (χ1) is 20.3. The molecule has 6 rings (SSSR count). The summed E-state index contributed by atoms with van der Waals surface area (Å²) in [6.07, 6.45) is 2.86. The highest BCUT2D eigenvalue weighted by Crippen LogP contribution is 2.24. The van der Waals surface area contributed by atoms with Crippen molar-refractivity contribution in [2.45, 2.75) is 13.8 Å². The second kappa shape index (κ2) is 12.2. The van der Waals surface area contributed by atoms with Crippen LogP contribution in [0, 0.1) is 0 Å². The van der Waals surface area contributed by atoms with Gasteiger partial charge < -0.3 is 18.3 Å². The summed E-state index contributed by atoms with van der Waals surface area (Å²) < 4.78 is 21.0. The fourth-order valence-electron chi connectivity index (χ4n) is 4.31. The molecule has 0 aliphatic carbocycles. The Morgan fingerprint density at radius 3 is 1.29 bits per heavy atom. The molecular weight excluding hydrogens is 536 g/mol. The molecule has 0 aliphatic rings. The lowest BCUT2D eigenvalue weighted by molar-refractivity contribution is -0.132. The van der Waals surface area contributed by atoms with Crippen molar-refractivity contribution in [3.63, 3.8) is 0 Å². The molecular formula is C34H24O8. The molecule has 0 fully saturated rings. The van der Waals surface area contributed by atoms with E-state index in [0.29, 0.717) is 44.6 Å². The Labute approximate surface area is 239 Å². The zero-order chi connectivity index (χ0) is 29.6. The third-order valence-electron chi connectivity index (χ3n) is 6.18. The summed E-state index contributed by atoms with van der Waals surface area (Å²) in [5.74, 6) is -0.133. The molecule has 0 radical (unpaired) electrons. The topological polar surface area (TPSA) is 113 Å². The molecule has 208 valence electrons. The number of carbonyl (C=O) groups excluding carboxylic acids is 2. The predicted octanol–water partition coefficient (Wildman–Crippen LogP) is 6.77. The van der Waals surface area contributed by atoms with Gasteiger partial charge in [0.2, 0.25) is 0 Å². The largest absolute Gasteiger partial charge is 0.463 e. The molecule has 0 unspecified atom stereocenters. The summed E-state index contributed by atoms with van der Waals surface area (Å²) >= 11 is 0. The first kappa shape index (κ1) is 27.8. The molecule has 2 heterocycles. The van der Waals surface area contributed by atoms with Gasteiger partial charge in [0.25, 0.3) is 0 Å². The van der Waals surface area contributed by atoms with Gasteiger partial charge in [-0.25, -0.2) is 0 Å². The predicted molar refractivity (Wildman–Crippen MR) is 158 cm³/mol. The number of esters is 2. The lowest BCUT2D eigenvalue weighted by Crippen LogP contribution is -2.05. The number of hydrogen-bond donors (Lipinski definition) is 0. The molecule has 42 heavy (non-hydrogen) atoms. The summed E-state index contributed by atoms with van der Waals surface area (Å²) in [6.45, 7) is 2.64. The Balaban J connectivity index is 0.000000168. The Morgan fingerprint density at radius 1 is 0.548 bits per heavy atom. The van der Waals surface area contributed by atoms with Crippen LogP contribution in [-0.4, -0.2) is 11.9 Å². The number of fused-ring (bicyclic) bond motifs is 2. The Bertz CT molecular complexity index is 1870. The molecule has 0 spiro atoms. The van der Waals surface area contributed by atoms with E-state index in [-0.39, 0.29) is 10.9 Å². The molecule has 0 amide bonds. The van der Waals surface area contributed by atoms with Crippen LogP contribution in [0.5, 0.6) is 11.5 Å². The summed E-state index contributed by atoms with van der Waals surface area (Å²) in [7, 11) is 0. The highest BCUT2D eigenvalue weighted by Gasteiger charge is 2.11. The van der Waals surface area contributed by atoms with E-state index in [9.17, 15) is 19.2 Å².